The summed E-state index contributed by atoms with van der Waals surface area (Å²) in [4.78, 5) is 54.0. The van der Waals surface area contributed by atoms with Crippen LogP contribution >= 0.6 is 0 Å². The number of H-pyrrole nitrogens is 1. The number of benzene rings is 2. The number of carbonyl (C=O) groups is 2. The zero-order valence-corrected chi connectivity index (χ0v) is 26.7. The number of nitrogens with one attached hydrogen (secondary N) is 1. The normalized spacial score (nSPS) is 16.7. The van der Waals surface area contributed by atoms with E-state index in [1.807, 2.05) is 0 Å². The lowest BCUT2D eigenvalue weighted by atomic mass is 9.91. The van der Waals surface area contributed by atoms with Crippen LogP contribution in [-0.4, -0.2) is 75.0 Å². The summed E-state index contributed by atoms with van der Waals surface area (Å²) in [5, 5.41) is 0.716. The number of nitrogens with zero attached hydrogens (tertiary/aromatic N) is 4. The van der Waals surface area contributed by atoms with Crippen molar-refractivity contribution in [3.05, 3.63) is 57.4 Å². The van der Waals surface area contributed by atoms with E-state index in [9.17, 15) is 18.8 Å². The number of imidazole rings is 1. The molecular weight excluding hydrogens is 609 g/mol. The SMILES string of the molecule is C#Cc1c(F)ccc2cc(OCOC)cc(C(=O)c3nc4nc(OC[C@@H]5CCCN5C(=O)OC(C)(C)C)[nH]c(=O)c4n3C3CCC3)c12. The summed E-state index contributed by atoms with van der Waals surface area (Å²) in [5.74, 6) is 1.41. The molecule has 6 rings (SSSR count). The van der Waals surface area contributed by atoms with Crippen LogP contribution in [0.1, 0.15) is 80.7 Å². The van der Waals surface area contributed by atoms with Gasteiger partial charge in [0, 0.05) is 30.6 Å². The van der Waals surface area contributed by atoms with E-state index in [1.54, 1.807) is 36.3 Å². The van der Waals surface area contributed by atoms with Crippen molar-refractivity contribution < 1.29 is 32.9 Å². The number of rotatable bonds is 9. The van der Waals surface area contributed by atoms with Crippen LogP contribution in [-0.2, 0) is 9.47 Å². The number of ether oxygens (including phenoxy) is 4. The number of terminal acetylenes is 1. The largest absolute Gasteiger partial charge is 0.468 e. The fourth-order valence-corrected chi connectivity index (χ4v) is 6.03. The third-order valence-corrected chi connectivity index (χ3v) is 8.37. The molecule has 2 aromatic heterocycles. The van der Waals surface area contributed by atoms with Gasteiger partial charge in [-0.25, -0.2) is 14.2 Å². The van der Waals surface area contributed by atoms with Gasteiger partial charge in [-0.3, -0.25) is 14.6 Å². The van der Waals surface area contributed by atoms with E-state index in [0.717, 1.165) is 25.7 Å². The standard InChI is InChI=1S/C34H36FN5O7/c1-6-23-25(35)13-12-19-15-22(46-18-44-5)16-24(26(19)23)28(41)30-36-29-27(40(30)20-9-7-10-20)31(42)38-32(37-29)45-17-21-11-8-14-39(21)33(43)47-34(2,3)4/h1,12-13,15-16,20-21H,7-11,14,17-18H2,2-5H3,(H,37,38,42)/t21-/m0/s1. The van der Waals surface area contributed by atoms with E-state index >= 15 is 0 Å². The first-order valence-corrected chi connectivity index (χ1v) is 15.5. The average molecular weight is 646 g/mol. The van der Waals surface area contributed by atoms with E-state index in [4.69, 9.17) is 25.4 Å². The van der Waals surface area contributed by atoms with Gasteiger partial charge in [0.25, 0.3) is 11.6 Å². The van der Waals surface area contributed by atoms with Crippen LogP contribution < -0.4 is 15.0 Å². The number of amides is 1. The Morgan fingerprint density at radius 3 is 2.60 bits per heavy atom. The van der Waals surface area contributed by atoms with Gasteiger partial charge in [-0.05, 0) is 76.5 Å². The molecule has 0 unspecified atom stereocenters. The number of hydrogen-bond acceptors (Lipinski definition) is 9. The van der Waals surface area contributed by atoms with Gasteiger partial charge in [-0.2, -0.15) is 4.98 Å². The number of aromatic amines is 1. The van der Waals surface area contributed by atoms with E-state index in [-0.39, 0.29) is 65.0 Å². The molecule has 1 aliphatic heterocycles. The molecule has 3 heterocycles. The van der Waals surface area contributed by atoms with Crippen molar-refractivity contribution in [3.8, 4) is 24.1 Å². The zero-order chi connectivity index (χ0) is 33.5. The van der Waals surface area contributed by atoms with Gasteiger partial charge in [-0.1, -0.05) is 12.0 Å². The first-order valence-electron chi connectivity index (χ1n) is 15.5. The number of halogens is 1. The van der Waals surface area contributed by atoms with Gasteiger partial charge in [0.05, 0.1) is 11.6 Å². The second kappa shape index (κ2) is 12.7. The minimum atomic E-state index is -0.653. The van der Waals surface area contributed by atoms with Gasteiger partial charge >= 0.3 is 6.09 Å². The number of ketones is 1. The summed E-state index contributed by atoms with van der Waals surface area (Å²) in [6.07, 6.45) is 9.12. The molecule has 2 aromatic carbocycles. The summed E-state index contributed by atoms with van der Waals surface area (Å²) in [6.45, 7) is 5.93. The number of methoxy groups -OCH3 is 1. The topological polar surface area (TPSA) is 138 Å². The van der Waals surface area contributed by atoms with Crippen LogP contribution in [0.25, 0.3) is 21.9 Å². The highest BCUT2D eigenvalue weighted by Gasteiger charge is 2.34. The van der Waals surface area contributed by atoms with Gasteiger partial charge in [0.1, 0.15) is 23.8 Å². The Morgan fingerprint density at radius 1 is 1.13 bits per heavy atom. The highest BCUT2D eigenvalue weighted by molar-refractivity contribution is 6.17. The van der Waals surface area contributed by atoms with Crippen LogP contribution in [0.5, 0.6) is 11.8 Å². The lowest BCUT2D eigenvalue weighted by Crippen LogP contribution is -2.42. The minimum absolute atomic E-state index is 0.0221. The van der Waals surface area contributed by atoms with Crippen molar-refractivity contribution in [2.75, 3.05) is 27.1 Å². The summed E-state index contributed by atoms with van der Waals surface area (Å²) < 4.78 is 38.6. The van der Waals surface area contributed by atoms with Gasteiger partial charge in [0.2, 0.25) is 5.78 Å². The molecule has 47 heavy (non-hydrogen) atoms. The Balaban J connectivity index is 1.39. The van der Waals surface area contributed by atoms with Gasteiger partial charge < -0.3 is 28.4 Å². The minimum Gasteiger partial charge on any atom is -0.468 e. The molecule has 0 spiro atoms. The third kappa shape index (κ3) is 6.25. The van der Waals surface area contributed by atoms with Crippen LogP contribution in [0.4, 0.5) is 9.18 Å². The summed E-state index contributed by atoms with van der Waals surface area (Å²) >= 11 is 0. The first kappa shape index (κ1) is 32.0. The predicted molar refractivity (Wildman–Crippen MR) is 170 cm³/mol. The number of carbonyl (C=O) groups excluding carboxylic acids is 2. The van der Waals surface area contributed by atoms with Crippen LogP contribution in [0.2, 0.25) is 0 Å². The number of hydrogen-bond donors (Lipinski definition) is 1. The van der Waals surface area contributed by atoms with Crippen molar-refractivity contribution >= 4 is 33.8 Å². The average Bonchev–Trinajstić information content (AvgIpc) is 3.62. The lowest BCUT2D eigenvalue weighted by Gasteiger charge is -2.28. The molecule has 4 aromatic rings. The van der Waals surface area contributed by atoms with Gasteiger partial charge in [-0.15, -0.1) is 6.42 Å². The molecule has 1 N–H and O–H groups in total. The Kier molecular flexibility index (Phi) is 8.63. The fraction of sp³-hybridized carbons (Fsp3) is 0.441. The van der Waals surface area contributed by atoms with Crippen LogP contribution in [0.15, 0.2) is 29.1 Å². The Hall–Kier alpha value is -4.96. The third-order valence-electron chi connectivity index (χ3n) is 8.37. The Morgan fingerprint density at radius 2 is 1.91 bits per heavy atom. The molecule has 2 aliphatic rings. The van der Waals surface area contributed by atoms with E-state index in [1.165, 1.54) is 25.3 Å². The molecule has 2 fully saturated rings. The second-order valence-corrected chi connectivity index (χ2v) is 12.7. The van der Waals surface area contributed by atoms with Crippen LogP contribution in [0, 0.1) is 18.2 Å². The van der Waals surface area contributed by atoms with Gasteiger partial charge in [0.15, 0.2) is 23.8 Å². The number of fused-ring (bicyclic) bond motifs is 2. The van der Waals surface area contributed by atoms with Crippen molar-refractivity contribution in [2.24, 2.45) is 0 Å². The molecule has 1 atom stereocenters. The lowest BCUT2D eigenvalue weighted by molar-refractivity contribution is 0.0183. The quantitative estimate of drug-likeness (QED) is 0.150. The summed E-state index contributed by atoms with van der Waals surface area (Å²) in [7, 11) is 1.47. The molecule has 12 nitrogen and oxygen atoms in total. The Bertz CT molecular complexity index is 1970. The smallest absolute Gasteiger partial charge is 0.410 e. The van der Waals surface area contributed by atoms with E-state index in [2.05, 4.69) is 20.9 Å². The van der Waals surface area contributed by atoms with E-state index < -0.39 is 28.9 Å². The predicted octanol–water partition coefficient (Wildman–Crippen LogP) is 5.11. The highest BCUT2D eigenvalue weighted by Crippen LogP contribution is 2.37. The summed E-state index contributed by atoms with van der Waals surface area (Å²) in [5.41, 5.74) is -1.03. The van der Waals surface area contributed by atoms with Crippen molar-refractivity contribution in [2.45, 2.75) is 70.6 Å². The maximum atomic E-state index is 14.9. The fourth-order valence-electron chi connectivity index (χ4n) is 6.03. The van der Waals surface area contributed by atoms with Crippen molar-refractivity contribution in [1.29, 1.82) is 0 Å². The van der Waals surface area contributed by atoms with Crippen molar-refractivity contribution in [3.63, 3.8) is 0 Å². The van der Waals surface area contributed by atoms with Crippen molar-refractivity contribution in [1.82, 2.24) is 24.4 Å². The molecule has 1 saturated heterocycles. The molecule has 1 saturated carbocycles. The molecule has 1 amide bonds. The Labute approximate surface area is 270 Å². The number of aromatic nitrogens is 4. The van der Waals surface area contributed by atoms with E-state index in [0.29, 0.717) is 24.1 Å². The molecule has 246 valence electrons. The van der Waals surface area contributed by atoms with Crippen LogP contribution in [0.3, 0.4) is 0 Å². The summed E-state index contributed by atoms with van der Waals surface area (Å²) in [6, 6.07) is 5.33. The molecule has 13 heteroatoms. The molecule has 0 radical (unpaired) electrons. The maximum Gasteiger partial charge on any atom is 0.410 e. The molecular formula is C34H36FN5O7. The maximum absolute atomic E-state index is 14.9. The number of likely N-dealkylation sites (tertiary alicyclic amines) is 1. The molecule has 1 aliphatic carbocycles. The first-order chi connectivity index (χ1) is 22.5. The highest BCUT2D eigenvalue weighted by atomic mass is 19.1. The zero-order valence-electron chi connectivity index (χ0n) is 26.7. The monoisotopic (exact) mass is 645 g/mol. The molecule has 0 bridgehead atoms. The second-order valence-electron chi connectivity index (χ2n) is 12.7.